The number of anilines is 3. The molecule has 0 radical (unpaired) electrons. The van der Waals surface area contributed by atoms with E-state index in [1.165, 1.54) is 66.4 Å². The summed E-state index contributed by atoms with van der Waals surface area (Å²) in [7, 11) is 0. The maximum absolute atomic E-state index is 2.34. The molecule has 250 valence electrons. The van der Waals surface area contributed by atoms with Gasteiger partial charge in [-0.15, -0.1) is 0 Å². The lowest BCUT2D eigenvalue weighted by Crippen LogP contribution is -2.09. The smallest absolute Gasteiger partial charge is 0.0462 e. The summed E-state index contributed by atoms with van der Waals surface area (Å²) in [5.41, 5.74) is 15.4. The van der Waals surface area contributed by atoms with Crippen molar-refractivity contribution >= 4 is 27.8 Å². The zero-order valence-corrected chi connectivity index (χ0v) is 29.3. The zero-order valence-electron chi connectivity index (χ0n) is 29.3. The lowest BCUT2D eigenvalue weighted by Gasteiger charge is -2.26. The Labute approximate surface area is 311 Å². The van der Waals surface area contributed by atoms with Crippen LogP contribution in [0.4, 0.5) is 17.1 Å². The first kappa shape index (κ1) is 32.0. The summed E-state index contributed by atoms with van der Waals surface area (Å²) in [6, 6.07) is 80.8. The summed E-state index contributed by atoms with van der Waals surface area (Å²) in [5.74, 6) is 0. The molecule has 53 heavy (non-hydrogen) atoms. The predicted octanol–water partition coefficient (Wildman–Crippen LogP) is 14.6. The van der Waals surface area contributed by atoms with E-state index in [1.54, 1.807) is 0 Å². The molecule has 0 aliphatic heterocycles. The highest BCUT2D eigenvalue weighted by Gasteiger charge is 2.14. The van der Waals surface area contributed by atoms with Crippen LogP contribution in [0, 0.1) is 0 Å². The third-order valence-corrected chi connectivity index (χ3v) is 10.1. The molecule has 0 spiro atoms. The fourth-order valence-corrected chi connectivity index (χ4v) is 7.24. The molecule has 0 aliphatic rings. The van der Waals surface area contributed by atoms with Gasteiger partial charge in [-0.1, -0.05) is 170 Å². The van der Waals surface area contributed by atoms with E-state index >= 15 is 0 Å². The molecule has 0 N–H and O–H groups in total. The highest BCUT2D eigenvalue weighted by atomic mass is 15.1. The highest BCUT2D eigenvalue weighted by molar-refractivity contribution is 5.88. The molecule has 0 amide bonds. The van der Waals surface area contributed by atoms with E-state index in [1.807, 2.05) is 0 Å². The maximum Gasteiger partial charge on any atom is 0.0462 e. The second kappa shape index (κ2) is 14.3. The predicted molar refractivity (Wildman–Crippen MR) is 226 cm³/mol. The van der Waals surface area contributed by atoms with E-state index in [0.29, 0.717) is 0 Å². The number of fused-ring (bicyclic) bond motifs is 1. The van der Waals surface area contributed by atoms with Gasteiger partial charge < -0.3 is 4.90 Å². The minimum absolute atomic E-state index is 1.10. The minimum Gasteiger partial charge on any atom is -0.311 e. The van der Waals surface area contributed by atoms with Crippen LogP contribution < -0.4 is 4.90 Å². The van der Waals surface area contributed by atoms with Gasteiger partial charge in [0.25, 0.3) is 0 Å². The number of benzene rings is 9. The molecule has 0 aliphatic carbocycles. The Hall–Kier alpha value is -6.96. The van der Waals surface area contributed by atoms with Gasteiger partial charge in [0.2, 0.25) is 0 Å². The standard InChI is InChI=1S/C52H37N/c1-3-11-38(12-4-1)41-23-29-50(30-24-41)53(51-31-25-42(26-32-51)46-18-9-17-45(35-46)39-13-5-2-6-14-39)52-33-27-43(28-34-52)47-19-10-20-48(36-47)49-22-21-40-15-7-8-16-44(40)37-49/h1-37H. The van der Waals surface area contributed by atoms with Crippen LogP contribution in [0.2, 0.25) is 0 Å². The van der Waals surface area contributed by atoms with E-state index in [0.717, 1.165) is 17.1 Å². The largest absolute Gasteiger partial charge is 0.311 e. The van der Waals surface area contributed by atoms with Crippen molar-refractivity contribution in [2.75, 3.05) is 4.90 Å². The van der Waals surface area contributed by atoms with E-state index in [9.17, 15) is 0 Å². The van der Waals surface area contributed by atoms with Crippen molar-refractivity contribution in [3.05, 3.63) is 224 Å². The monoisotopic (exact) mass is 675 g/mol. The fourth-order valence-electron chi connectivity index (χ4n) is 7.24. The maximum atomic E-state index is 2.34. The summed E-state index contributed by atoms with van der Waals surface area (Å²) < 4.78 is 0. The van der Waals surface area contributed by atoms with Crippen LogP contribution in [0.5, 0.6) is 0 Å². The molecule has 9 aromatic rings. The SMILES string of the molecule is c1ccc(-c2ccc(N(c3ccc(-c4cccc(-c5ccccc5)c4)cc3)c3ccc(-c4cccc(-c5ccc6ccccc6c5)c4)cc3)cc2)cc1. The molecular formula is C52H37N. The quantitative estimate of drug-likeness (QED) is 0.155. The number of hydrogen-bond donors (Lipinski definition) is 0. The number of nitrogens with zero attached hydrogens (tertiary/aromatic N) is 1. The van der Waals surface area contributed by atoms with Gasteiger partial charge in [-0.2, -0.15) is 0 Å². The number of hydrogen-bond acceptors (Lipinski definition) is 1. The highest BCUT2D eigenvalue weighted by Crippen LogP contribution is 2.38. The van der Waals surface area contributed by atoms with Crippen LogP contribution in [0.25, 0.3) is 66.4 Å². The molecule has 9 rings (SSSR count). The Morgan fingerprint density at radius 3 is 0.962 bits per heavy atom. The Morgan fingerprint density at radius 2 is 0.491 bits per heavy atom. The Morgan fingerprint density at radius 1 is 0.189 bits per heavy atom. The third-order valence-electron chi connectivity index (χ3n) is 10.1. The van der Waals surface area contributed by atoms with Crippen molar-refractivity contribution in [1.29, 1.82) is 0 Å². The third kappa shape index (κ3) is 6.77. The van der Waals surface area contributed by atoms with Gasteiger partial charge in [0.05, 0.1) is 0 Å². The van der Waals surface area contributed by atoms with Crippen molar-refractivity contribution in [1.82, 2.24) is 0 Å². The molecular weight excluding hydrogens is 639 g/mol. The van der Waals surface area contributed by atoms with E-state index < -0.39 is 0 Å². The molecule has 0 saturated heterocycles. The summed E-state index contributed by atoms with van der Waals surface area (Å²) in [5, 5.41) is 2.51. The molecule has 9 aromatic carbocycles. The summed E-state index contributed by atoms with van der Waals surface area (Å²) in [6.07, 6.45) is 0. The van der Waals surface area contributed by atoms with Gasteiger partial charge in [-0.05, 0) is 121 Å². The average Bonchev–Trinajstić information content (AvgIpc) is 3.25. The lowest BCUT2D eigenvalue weighted by molar-refractivity contribution is 1.28. The van der Waals surface area contributed by atoms with Gasteiger partial charge in [-0.25, -0.2) is 0 Å². The van der Waals surface area contributed by atoms with Crippen LogP contribution in [-0.4, -0.2) is 0 Å². The lowest BCUT2D eigenvalue weighted by atomic mass is 9.97. The first-order chi connectivity index (χ1) is 26.2. The van der Waals surface area contributed by atoms with Crippen molar-refractivity contribution in [3.8, 4) is 55.6 Å². The van der Waals surface area contributed by atoms with Gasteiger partial charge in [0.15, 0.2) is 0 Å². The Kier molecular flexibility index (Phi) is 8.66. The number of rotatable bonds is 8. The van der Waals surface area contributed by atoms with Crippen molar-refractivity contribution < 1.29 is 0 Å². The molecule has 0 bridgehead atoms. The van der Waals surface area contributed by atoms with Gasteiger partial charge in [0.1, 0.15) is 0 Å². The first-order valence-electron chi connectivity index (χ1n) is 18.2. The van der Waals surface area contributed by atoms with Crippen molar-refractivity contribution in [2.24, 2.45) is 0 Å². The summed E-state index contributed by atoms with van der Waals surface area (Å²) >= 11 is 0. The first-order valence-corrected chi connectivity index (χ1v) is 18.2. The van der Waals surface area contributed by atoms with Crippen LogP contribution >= 0.6 is 0 Å². The summed E-state index contributed by atoms with van der Waals surface area (Å²) in [4.78, 5) is 2.34. The second-order valence-electron chi connectivity index (χ2n) is 13.4. The van der Waals surface area contributed by atoms with Gasteiger partial charge in [0, 0.05) is 17.1 Å². The molecule has 0 fully saturated rings. The molecule has 0 heterocycles. The van der Waals surface area contributed by atoms with E-state index in [4.69, 9.17) is 0 Å². The van der Waals surface area contributed by atoms with Crippen molar-refractivity contribution in [2.45, 2.75) is 0 Å². The Balaban J connectivity index is 1.05. The molecule has 1 nitrogen and oxygen atoms in total. The van der Waals surface area contributed by atoms with Crippen molar-refractivity contribution in [3.63, 3.8) is 0 Å². The molecule has 0 aromatic heterocycles. The molecule has 0 saturated carbocycles. The normalized spacial score (nSPS) is 11.0. The van der Waals surface area contributed by atoms with Crippen LogP contribution in [0.3, 0.4) is 0 Å². The van der Waals surface area contributed by atoms with Crippen LogP contribution in [0.1, 0.15) is 0 Å². The minimum atomic E-state index is 1.10. The van der Waals surface area contributed by atoms with E-state index in [2.05, 4.69) is 229 Å². The van der Waals surface area contributed by atoms with Gasteiger partial charge >= 0.3 is 0 Å². The van der Waals surface area contributed by atoms with Crippen LogP contribution in [-0.2, 0) is 0 Å². The summed E-state index contributed by atoms with van der Waals surface area (Å²) in [6.45, 7) is 0. The fraction of sp³-hybridized carbons (Fsp3) is 0. The van der Waals surface area contributed by atoms with Gasteiger partial charge in [-0.3, -0.25) is 0 Å². The molecule has 0 atom stereocenters. The average molecular weight is 676 g/mol. The second-order valence-corrected chi connectivity index (χ2v) is 13.4. The molecule has 1 heteroatoms. The zero-order chi connectivity index (χ0) is 35.4. The van der Waals surface area contributed by atoms with Crippen LogP contribution in [0.15, 0.2) is 224 Å². The Bertz CT molecular complexity index is 2620. The van der Waals surface area contributed by atoms with E-state index in [-0.39, 0.29) is 0 Å². The topological polar surface area (TPSA) is 3.24 Å². The molecule has 0 unspecified atom stereocenters.